The van der Waals surface area contributed by atoms with E-state index < -0.39 is 15.9 Å². The summed E-state index contributed by atoms with van der Waals surface area (Å²) in [6, 6.07) is 7.06. The minimum Gasteiger partial charge on any atom is -0.391 e. The van der Waals surface area contributed by atoms with Gasteiger partial charge >= 0.3 is 0 Å². The number of anilines is 1. The van der Waals surface area contributed by atoms with Gasteiger partial charge in [0.2, 0.25) is 0 Å². The summed E-state index contributed by atoms with van der Waals surface area (Å²) in [6.45, 7) is 4.96. The minimum atomic E-state index is -3.23. The molecular weight excluding hydrogens is 262 g/mol. The van der Waals surface area contributed by atoms with Crippen molar-refractivity contribution < 1.29 is 13.5 Å². The summed E-state index contributed by atoms with van der Waals surface area (Å²) in [5, 5.41) is 9.97. The Balaban J connectivity index is 2.36. The Morgan fingerprint density at radius 2 is 2.05 bits per heavy atom. The zero-order valence-electron chi connectivity index (χ0n) is 11.4. The van der Waals surface area contributed by atoms with Crippen LogP contribution in [0.4, 0.5) is 5.69 Å². The zero-order valence-corrected chi connectivity index (χ0v) is 12.2. The van der Waals surface area contributed by atoms with Crippen molar-refractivity contribution >= 4 is 15.5 Å². The average molecular weight is 283 g/mol. The summed E-state index contributed by atoms with van der Waals surface area (Å²) < 4.78 is 24.2. The van der Waals surface area contributed by atoms with Crippen molar-refractivity contribution in [2.24, 2.45) is 5.92 Å². The molecule has 1 aromatic carbocycles. The SMILES string of the molecule is CCS(=O)(=O)c1ccccc1N1CCC(C)C(O)C1. The zero-order chi connectivity index (χ0) is 14.0. The molecule has 0 aromatic heterocycles. The molecule has 1 aromatic rings. The number of hydrogen-bond acceptors (Lipinski definition) is 4. The number of hydrogen-bond donors (Lipinski definition) is 1. The van der Waals surface area contributed by atoms with Gasteiger partial charge in [0, 0.05) is 13.1 Å². The molecule has 1 N–H and O–H groups in total. The summed E-state index contributed by atoms with van der Waals surface area (Å²) in [4.78, 5) is 2.35. The summed E-state index contributed by atoms with van der Waals surface area (Å²) in [5.41, 5.74) is 0.718. The number of sulfone groups is 1. The molecule has 1 fully saturated rings. The van der Waals surface area contributed by atoms with Gasteiger partial charge in [0.25, 0.3) is 0 Å². The Morgan fingerprint density at radius 3 is 2.68 bits per heavy atom. The first-order valence-corrected chi connectivity index (χ1v) is 8.35. The molecular formula is C14H21NO3S. The summed E-state index contributed by atoms with van der Waals surface area (Å²) in [6.07, 6.45) is 0.480. The van der Waals surface area contributed by atoms with Crippen LogP contribution in [0.3, 0.4) is 0 Å². The van der Waals surface area contributed by atoms with Crippen LogP contribution < -0.4 is 4.90 Å². The van der Waals surface area contributed by atoms with E-state index in [1.54, 1.807) is 19.1 Å². The van der Waals surface area contributed by atoms with Crippen LogP contribution in [0.5, 0.6) is 0 Å². The topological polar surface area (TPSA) is 57.6 Å². The van der Waals surface area contributed by atoms with Crippen LogP contribution in [-0.2, 0) is 9.84 Å². The Morgan fingerprint density at radius 1 is 1.37 bits per heavy atom. The Bertz CT molecular complexity index is 541. The lowest BCUT2D eigenvalue weighted by Gasteiger charge is -2.36. The van der Waals surface area contributed by atoms with Gasteiger partial charge in [-0.15, -0.1) is 0 Å². The van der Waals surface area contributed by atoms with E-state index >= 15 is 0 Å². The van der Waals surface area contributed by atoms with E-state index in [-0.39, 0.29) is 11.7 Å². The number of β-amino-alcohol motifs (C(OH)–C–C–N with tert-alkyl or cyclic N) is 1. The molecule has 2 atom stereocenters. The monoisotopic (exact) mass is 283 g/mol. The van der Waals surface area contributed by atoms with E-state index in [9.17, 15) is 13.5 Å². The molecule has 0 aliphatic carbocycles. The molecule has 0 saturated carbocycles. The van der Waals surface area contributed by atoms with Gasteiger partial charge < -0.3 is 10.0 Å². The molecule has 1 saturated heterocycles. The molecule has 106 valence electrons. The second-order valence-corrected chi connectivity index (χ2v) is 7.40. The lowest BCUT2D eigenvalue weighted by atomic mass is 9.96. The highest BCUT2D eigenvalue weighted by atomic mass is 32.2. The van der Waals surface area contributed by atoms with Crippen molar-refractivity contribution in [1.82, 2.24) is 0 Å². The molecule has 1 aliphatic rings. The molecule has 0 radical (unpaired) electrons. The van der Waals surface area contributed by atoms with E-state index in [0.29, 0.717) is 11.4 Å². The molecule has 0 bridgehead atoms. The van der Waals surface area contributed by atoms with E-state index in [1.165, 1.54) is 0 Å². The van der Waals surface area contributed by atoms with Crippen LogP contribution >= 0.6 is 0 Å². The van der Waals surface area contributed by atoms with Crippen molar-refractivity contribution in [3.05, 3.63) is 24.3 Å². The van der Waals surface area contributed by atoms with Gasteiger partial charge in [-0.1, -0.05) is 26.0 Å². The highest BCUT2D eigenvalue weighted by Gasteiger charge is 2.27. The highest BCUT2D eigenvalue weighted by Crippen LogP contribution is 2.29. The summed E-state index contributed by atoms with van der Waals surface area (Å²) in [5.74, 6) is 0.364. The maximum atomic E-state index is 12.1. The number of piperidine rings is 1. The fourth-order valence-electron chi connectivity index (χ4n) is 2.40. The number of para-hydroxylation sites is 1. The quantitative estimate of drug-likeness (QED) is 0.917. The number of aliphatic hydroxyl groups is 1. The van der Waals surface area contributed by atoms with Crippen molar-refractivity contribution in [2.75, 3.05) is 23.7 Å². The van der Waals surface area contributed by atoms with Gasteiger partial charge in [0.15, 0.2) is 9.84 Å². The van der Waals surface area contributed by atoms with Gasteiger partial charge in [-0.25, -0.2) is 8.42 Å². The Labute approximate surface area is 115 Å². The number of rotatable bonds is 3. The van der Waals surface area contributed by atoms with Crippen LogP contribution in [0, 0.1) is 5.92 Å². The predicted octanol–water partition coefficient (Wildman–Crippen LogP) is 1.69. The largest absolute Gasteiger partial charge is 0.391 e. The van der Waals surface area contributed by atoms with Gasteiger partial charge in [-0.3, -0.25) is 0 Å². The molecule has 2 rings (SSSR count). The van der Waals surface area contributed by atoms with Crippen LogP contribution in [-0.4, -0.2) is 38.5 Å². The maximum absolute atomic E-state index is 12.1. The fourth-order valence-corrected chi connectivity index (χ4v) is 3.52. The third-order valence-corrected chi connectivity index (χ3v) is 5.62. The molecule has 19 heavy (non-hydrogen) atoms. The van der Waals surface area contributed by atoms with Gasteiger partial charge in [0.05, 0.1) is 22.4 Å². The lowest BCUT2D eigenvalue weighted by Crippen LogP contribution is -2.43. The van der Waals surface area contributed by atoms with Crippen molar-refractivity contribution in [3.63, 3.8) is 0 Å². The van der Waals surface area contributed by atoms with Crippen molar-refractivity contribution in [1.29, 1.82) is 0 Å². The second-order valence-electron chi connectivity index (χ2n) is 5.15. The van der Waals surface area contributed by atoms with E-state index in [2.05, 4.69) is 0 Å². The first kappa shape index (κ1) is 14.3. The van der Waals surface area contributed by atoms with Gasteiger partial charge in [0.1, 0.15) is 0 Å². The summed E-state index contributed by atoms with van der Waals surface area (Å²) >= 11 is 0. The van der Waals surface area contributed by atoms with E-state index in [1.807, 2.05) is 24.0 Å². The van der Waals surface area contributed by atoms with Crippen LogP contribution in [0.15, 0.2) is 29.2 Å². The van der Waals surface area contributed by atoms with Gasteiger partial charge in [-0.05, 0) is 24.5 Å². The number of aliphatic hydroxyl groups excluding tert-OH is 1. The normalized spacial score (nSPS) is 24.5. The molecule has 4 nitrogen and oxygen atoms in total. The van der Waals surface area contributed by atoms with E-state index in [0.717, 1.165) is 18.7 Å². The maximum Gasteiger partial charge on any atom is 0.180 e. The van der Waals surface area contributed by atoms with Crippen molar-refractivity contribution in [3.8, 4) is 0 Å². The first-order valence-electron chi connectivity index (χ1n) is 6.70. The van der Waals surface area contributed by atoms with E-state index in [4.69, 9.17) is 0 Å². The van der Waals surface area contributed by atoms with Crippen LogP contribution in [0.2, 0.25) is 0 Å². The lowest BCUT2D eigenvalue weighted by molar-refractivity contribution is 0.103. The standard InChI is InChI=1S/C14H21NO3S/c1-3-19(17,18)14-7-5-4-6-12(14)15-9-8-11(2)13(16)10-15/h4-7,11,13,16H,3,8-10H2,1-2H3. The first-order chi connectivity index (χ1) is 8.95. The minimum absolute atomic E-state index is 0.0941. The molecule has 1 heterocycles. The number of nitrogens with zero attached hydrogens (tertiary/aromatic N) is 1. The third-order valence-electron chi connectivity index (χ3n) is 3.84. The molecule has 0 amide bonds. The molecule has 0 spiro atoms. The smallest absolute Gasteiger partial charge is 0.180 e. The van der Waals surface area contributed by atoms with Gasteiger partial charge in [-0.2, -0.15) is 0 Å². The molecule has 5 heteroatoms. The highest BCUT2D eigenvalue weighted by molar-refractivity contribution is 7.91. The Kier molecular flexibility index (Phi) is 4.16. The molecule has 1 aliphatic heterocycles. The van der Waals surface area contributed by atoms with Crippen LogP contribution in [0.25, 0.3) is 0 Å². The second kappa shape index (κ2) is 5.51. The third kappa shape index (κ3) is 2.92. The average Bonchev–Trinajstić information content (AvgIpc) is 2.42. The number of benzene rings is 1. The predicted molar refractivity (Wildman–Crippen MR) is 76.2 cm³/mol. The van der Waals surface area contributed by atoms with Crippen molar-refractivity contribution in [2.45, 2.75) is 31.3 Å². The van der Waals surface area contributed by atoms with Crippen LogP contribution in [0.1, 0.15) is 20.3 Å². The summed E-state index contributed by atoms with van der Waals surface area (Å²) in [7, 11) is -3.23. The fraction of sp³-hybridized carbons (Fsp3) is 0.571. The Hall–Kier alpha value is -1.07. The molecule has 2 unspecified atom stereocenters.